The first kappa shape index (κ1) is 20.7. The summed E-state index contributed by atoms with van der Waals surface area (Å²) in [5.41, 5.74) is 7.54. The summed E-state index contributed by atoms with van der Waals surface area (Å²) in [6, 6.07) is 7.03. The van der Waals surface area contributed by atoms with Crippen molar-refractivity contribution in [2.24, 2.45) is 11.1 Å². The van der Waals surface area contributed by atoms with E-state index >= 15 is 0 Å². The summed E-state index contributed by atoms with van der Waals surface area (Å²) >= 11 is 0. The Bertz CT molecular complexity index is 588. The van der Waals surface area contributed by atoms with Crippen LogP contribution in [0, 0.1) is 5.41 Å². The van der Waals surface area contributed by atoms with Crippen molar-refractivity contribution in [3.05, 3.63) is 30.1 Å². The number of aromatic amines is 1. The SMILES string of the molecule is CC(NC(=O)[C@@H](N)C(C)(C)C)c1nc2ccccc2[nH]1.Cl.Cl. The maximum absolute atomic E-state index is 12.1. The molecule has 1 heterocycles. The number of nitrogens with one attached hydrogen (secondary N) is 2. The minimum Gasteiger partial charge on any atom is -0.345 e. The molecular weight excluding hydrogens is 323 g/mol. The number of imidazole rings is 1. The fourth-order valence-corrected chi connectivity index (χ4v) is 1.94. The molecule has 4 N–H and O–H groups in total. The Hall–Kier alpha value is -1.30. The van der Waals surface area contributed by atoms with Gasteiger partial charge in [0.1, 0.15) is 5.82 Å². The fraction of sp³-hybridized carbons (Fsp3) is 0.467. The largest absolute Gasteiger partial charge is 0.345 e. The Morgan fingerprint density at radius 1 is 1.27 bits per heavy atom. The van der Waals surface area contributed by atoms with Gasteiger partial charge in [-0.15, -0.1) is 24.8 Å². The van der Waals surface area contributed by atoms with Crippen LogP contribution in [0.5, 0.6) is 0 Å². The van der Waals surface area contributed by atoms with Crippen molar-refractivity contribution in [2.45, 2.75) is 39.8 Å². The number of aromatic nitrogens is 2. The molecule has 124 valence electrons. The van der Waals surface area contributed by atoms with E-state index in [4.69, 9.17) is 5.73 Å². The van der Waals surface area contributed by atoms with Gasteiger partial charge < -0.3 is 16.0 Å². The van der Waals surface area contributed by atoms with Gasteiger partial charge in [-0.2, -0.15) is 0 Å². The average Bonchev–Trinajstić information content (AvgIpc) is 2.80. The molecule has 0 saturated heterocycles. The molecule has 0 aliphatic carbocycles. The zero-order chi connectivity index (χ0) is 14.9. The highest BCUT2D eigenvalue weighted by molar-refractivity contribution is 5.85. The molecule has 0 radical (unpaired) electrons. The van der Waals surface area contributed by atoms with Crippen molar-refractivity contribution in [2.75, 3.05) is 0 Å². The minimum atomic E-state index is -0.547. The summed E-state index contributed by atoms with van der Waals surface area (Å²) in [5, 5.41) is 2.91. The third-order valence-corrected chi connectivity index (χ3v) is 3.39. The van der Waals surface area contributed by atoms with Crippen LogP contribution >= 0.6 is 24.8 Å². The Kier molecular flexibility index (Phi) is 7.35. The molecule has 0 fully saturated rings. The quantitative estimate of drug-likeness (QED) is 0.798. The lowest BCUT2D eigenvalue weighted by atomic mass is 9.87. The number of nitrogens with two attached hydrogens (primary N) is 1. The number of carbonyl (C=O) groups excluding carboxylic acids is 1. The first-order chi connectivity index (χ1) is 9.29. The second-order valence-electron chi connectivity index (χ2n) is 6.21. The van der Waals surface area contributed by atoms with Crippen molar-refractivity contribution in [1.82, 2.24) is 15.3 Å². The van der Waals surface area contributed by atoms with Gasteiger partial charge in [0.15, 0.2) is 0 Å². The molecule has 5 nitrogen and oxygen atoms in total. The highest BCUT2D eigenvalue weighted by atomic mass is 35.5. The molecule has 0 aliphatic rings. The normalized spacial score (nSPS) is 13.7. The van der Waals surface area contributed by atoms with Gasteiger partial charge in [-0.05, 0) is 24.5 Å². The fourth-order valence-electron chi connectivity index (χ4n) is 1.94. The molecule has 0 aliphatic heterocycles. The van der Waals surface area contributed by atoms with E-state index in [1.807, 2.05) is 52.0 Å². The number of nitrogens with zero attached hydrogens (tertiary/aromatic N) is 1. The van der Waals surface area contributed by atoms with Crippen LogP contribution in [0.25, 0.3) is 11.0 Å². The summed E-state index contributed by atoms with van der Waals surface area (Å²) in [6.07, 6.45) is 0. The topological polar surface area (TPSA) is 83.8 Å². The number of benzene rings is 1. The van der Waals surface area contributed by atoms with Crippen molar-refractivity contribution in [3.63, 3.8) is 0 Å². The van der Waals surface area contributed by atoms with Crippen molar-refractivity contribution >= 4 is 41.8 Å². The highest BCUT2D eigenvalue weighted by Crippen LogP contribution is 2.19. The molecule has 1 unspecified atom stereocenters. The number of hydrogen-bond acceptors (Lipinski definition) is 3. The van der Waals surface area contributed by atoms with Crippen LogP contribution in [0.15, 0.2) is 24.3 Å². The van der Waals surface area contributed by atoms with Crippen LogP contribution in [0.4, 0.5) is 0 Å². The second-order valence-corrected chi connectivity index (χ2v) is 6.21. The van der Waals surface area contributed by atoms with E-state index in [9.17, 15) is 4.79 Å². The van der Waals surface area contributed by atoms with Gasteiger partial charge in [0.2, 0.25) is 5.91 Å². The third-order valence-electron chi connectivity index (χ3n) is 3.39. The zero-order valence-electron chi connectivity index (χ0n) is 13.2. The molecule has 0 bridgehead atoms. The van der Waals surface area contributed by atoms with Gasteiger partial charge >= 0.3 is 0 Å². The Morgan fingerprint density at radius 2 is 1.86 bits per heavy atom. The number of halogens is 2. The van der Waals surface area contributed by atoms with Crippen LogP contribution in [0.3, 0.4) is 0 Å². The van der Waals surface area contributed by atoms with Crippen LogP contribution in [-0.2, 0) is 4.79 Å². The van der Waals surface area contributed by atoms with Gasteiger partial charge in [0.25, 0.3) is 0 Å². The molecule has 0 saturated carbocycles. The summed E-state index contributed by atoms with van der Waals surface area (Å²) in [4.78, 5) is 19.8. The van der Waals surface area contributed by atoms with E-state index in [-0.39, 0.29) is 42.2 Å². The molecule has 2 rings (SSSR count). The predicted octanol–water partition coefficient (Wildman–Crippen LogP) is 2.96. The Labute approximate surface area is 143 Å². The molecular formula is C15H24Cl2N4O. The Balaban J connectivity index is 0.00000220. The summed E-state index contributed by atoms with van der Waals surface area (Å²) in [6.45, 7) is 7.74. The molecule has 22 heavy (non-hydrogen) atoms. The van der Waals surface area contributed by atoms with E-state index in [0.717, 1.165) is 16.9 Å². The van der Waals surface area contributed by atoms with E-state index < -0.39 is 6.04 Å². The average molecular weight is 347 g/mol. The monoisotopic (exact) mass is 346 g/mol. The summed E-state index contributed by atoms with van der Waals surface area (Å²) in [5.74, 6) is 0.575. The summed E-state index contributed by atoms with van der Waals surface area (Å²) < 4.78 is 0. The maximum atomic E-state index is 12.1. The zero-order valence-corrected chi connectivity index (χ0v) is 14.8. The van der Waals surface area contributed by atoms with E-state index in [1.165, 1.54) is 0 Å². The van der Waals surface area contributed by atoms with Crippen molar-refractivity contribution in [3.8, 4) is 0 Å². The molecule has 1 amide bonds. The number of fused-ring (bicyclic) bond motifs is 1. The van der Waals surface area contributed by atoms with Gasteiger partial charge in [-0.25, -0.2) is 4.98 Å². The molecule has 2 aromatic rings. The van der Waals surface area contributed by atoms with E-state index in [1.54, 1.807) is 0 Å². The highest BCUT2D eigenvalue weighted by Gasteiger charge is 2.28. The lowest BCUT2D eigenvalue weighted by molar-refractivity contribution is -0.125. The first-order valence-corrected chi connectivity index (χ1v) is 6.79. The first-order valence-electron chi connectivity index (χ1n) is 6.79. The lowest BCUT2D eigenvalue weighted by Crippen LogP contribution is -2.49. The Morgan fingerprint density at radius 3 is 2.41 bits per heavy atom. The number of hydrogen-bond donors (Lipinski definition) is 3. The van der Waals surface area contributed by atoms with Crippen LogP contribution in [-0.4, -0.2) is 21.9 Å². The molecule has 1 aromatic carbocycles. The lowest BCUT2D eigenvalue weighted by Gasteiger charge is -2.27. The predicted molar refractivity (Wildman–Crippen MR) is 94.6 cm³/mol. The maximum Gasteiger partial charge on any atom is 0.238 e. The number of H-pyrrole nitrogens is 1. The standard InChI is InChI=1S/C15H22N4O.2ClH/c1-9(17-14(20)12(16)15(2,3)4)13-18-10-7-5-6-8-11(10)19-13;;/h5-9,12H,16H2,1-4H3,(H,17,20)(H,18,19);2*1H/t9?,12-;;/m1../s1. The third kappa shape index (κ3) is 4.60. The number of rotatable bonds is 3. The van der Waals surface area contributed by atoms with Gasteiger partial charge in [-0.3, -0.25) is 4.79 Å². The molecule has 1 aromatic heterocycles. The van der Waals surface area contributed by atoms with Crippen LogP contribution in [0.2, 0.25) is 0 Å². The summed E-state index contributed by atoms with van der Waals surface area (Å²) in [7, 11) is 0. The molecule has 2 atom stereocenters. The van der Waals surface area contributed by atoms with Gasteiger partial charge in [-0.1, -0.05) is 32.9 Å². The number of carbonyl (C=O) groups is 1. The van der Waals surface area contributed by atoms with Gasteiger partial charge in [0.05, 0.1) is 23.1 Å². The van der Waals surface area contributed by atoms with E-state index in [2.05, 4.69) is 15.3 Å². The van der Waals surface area contributed by atoms with Gasteiger partial charge in [0, 0.05) is 0 Å². The number of amides is 1. The van der Waals surface area contributed by atoms with Crippen LogP contribution < -0.4 is 11.1 Å². The number of para-hydroxylation sites is 2. The molecule has 7 heteroatoms. The van der Waals surface area contributed by atoms with Crippen molar-refractivity contribution < 1.29 is 4.79 Å². The van der Waals surface area contributed by atoms with Crippen molar-refractivity contribution in [1.29, 1.82) is 0 Å². The smallest absolute Gasteiger partial charge is 0.238 e. The second kappa shape index (κ2) is 7.81. The minimum absolute atomic E-state index is 0. The van der Waals surface area contributed by atoms with E-state index in [0.29, 0.717) is 0 Å². The van der Waals surface area contributed by atoms with Crippen LogP contribution in [0.1, 0.15) is 39.6 Å². The molecule has 0 spiro atoms.